The summed E-state index contributed by atoms with van der Waals surface area (Å²) in [4.78, 5) is 14.1. The van der Waals surface area contributed by atoms with Gasteiger partial charge in [0, 0.05) is 13.1 Å². The van der Waals surface area contributed by atoms with Gasteiger partial charge in [-0.2, -0.15) is 0 Å². The van der Waals surface area contributed by atoms with Crippen LogP contribution in [0.5, 0.6) is 0 Å². The van der Waals surface area contributed by atoms with Crippen LogP contribution in [0.3, 0.4) is 0 Å². The van der Waals surface area contributed by atoms with E-state index in [1.54, 1.807) is 0 Å². The number of nitrogens with one attached hydrogen (secondary N) is 1. The number of carbonyl (C=O) groups excluding carboxylic acids is 1. The van der Waals surface area contributed by atoms with E-state index in [2.05, 4.69) is 24.1 Å². The van der Waals surface area contributed by atoms with Gasteiger partial charge in [-0.25, -0.2) is 0 Å². The minimum Gasteiger partial charge on any atom is -0.368 e. The normalized spacial score (nSPS) is 28.9. The Morgan fingerprint density at radius 1 is 1.44 bits per heavy atom. The van der Waals surface area contributed by atoms with Gasteiger partial charge in [0.1, 0.15) is 5.54 Å². The third-order valence-corrected chi connectivity index (χ3v) is 4.21. The monoisotopic (exact) mass is 255 g/mol. The predicted octanol–water partition coefficient (Wildman–Crippen LogP) is 1.21. The molecule has 2 atom stereocenters. The highest BCUT2D eigenvalue weighted by molar-refractivity contribution is 5.85. The van der Waals surface area contributed by atoms with Gasteiger partial charge in [-0.3, -0.25) is 4.79 Å². The highest BCUT2D eigenvalue weighted by Crippen LogP contribution is 2.38. The first-order valence-electron chi connectivity index (χ1n) is 7.10. The van der Waals surface area contributed by atoms with Gasteiger partial charge in [0.15, 0.2) is 0 Å². The van der Waals surface area contributed by atoms with Gasteiger partial charge < -0.3 is 16.0 Å². The zero-order valence-corrected chi connectivity index (χ0v) is 12.3. The Kier molecular flexibility index (Phi) is 5.60. The Labute approximate surface area is 111 Å². The predicted molar refractivity (Wildman–Crippen MR) is 75.3 cm³/mol. The van der Waals surface area contributed by atoms with Crippen LogP contribution in [0.4, 0.5) is 0 Å². The van der Waals surface area contributed by atoms with Crippen LogP contribution < -0.4 is 11.1 Å². The van der Waals surface area contributed by atoms with Crippen LogP contribution in [0, 0.1) is 11.8 Å². The van der Waals surface area contributed by atoms with Gasteiger partial charge in [-0.05, 0) is 38.8 Å². The molecule has 106 valence electrons. The number of rotatable bonds is 6. The van der Waals surface area contributed by atoms with Crippen molar-refractivity contribution in [2.24, 2.45) is 17.6 Å². The summed E-state index contributed by atoms with van der Waals surface area (Å²) in [6.45, 7) is 6.14. The fourth-order valence-electron chi connectivity index (χ4n) is 3.22. The van der Waals surface area contributed by atoms with Gasteiger partial charge in [-0.15, -0.1) is 0 Å². The highest BCUT2D eigenvalue weighted by Gasteiger charge is 2.46. The Bertz CT molecular complexity index is 278. The van der Waals surface area contributed by atoms with Crippen LogP contribution >= 0.6 is 0 Å². The lowest BCUT2D eigenvalue weighted by molar-refractivity contribution is -0.129. The number of nitrogens with zero attached hydrogens (tertiary/aromatic N) is 1. The average molecular weight is 255 g/mol. The van der Waals surface area contributed by atoms with Gasteiger partial charge in [0.2, 0.25) is 5.91 Å². The summed E-state index contributed by atoms with van der Waals surface area (Å²) in [5.74, 6) is 0.690. The van der Waals surface area contributed by atoms with E-state index in [9.17, 15) is 4.79 Å². The summed E-state index contributed by atoms with van der Waals surface area (Å²) >= 11 is 0. The number of likely N-dealkylation sites (N-methyl/N-ethyl adjacent to an activating group) is 1. The Morgan fingerprint density at radius 2 is 2.11 bits per heavy atom. The van der Waals surface area contributed by atoms with Gasteiger partial charge in [-0.1, -0.05) is 26.7 Å². The molecule has 0 aromatic carbocycles. The SMILES string of the molecule is CC(C)C1CCCCC1(NCCN(C)C)C(N)=O. The first kappa shape index (κ1) is 15.4. The molecule has 1 saturated carbocycles. The zero-order chi connectivity index (χ0) is 13.8. The highest BCUT2D eigenvalue weighted by atomic mass is 16.1. The maximum atomic E-state index is 12.0. The van der Waals surface area contributed by atoms with E-state index in [0.29, 0.717) is 11.8 Å². The van der Waals surface area contributed by atoms with Crippen molar-refractivity contribution in [3.05, 3.63) is 0 Å². The van der Waals surface area contributed by atoms with Crippen molar-refractivity contribution in [1.29, 1.82) is 0 Å². The fourth-order valence-corrected chi connectivity index (χ4v) is 3.22. The van der Waals surface area contributed by atoms with Crippen molar-refractivity contribution in [3.8, 4) is 0 Å². The molecule has 2 unspecified atom stereocenters. The average Bonchev–Trinajstić information content (AvgIpc) is 2.28. The minimum atomic E-state index is -0.484. The number of primary amides is 1. The third kappa shape index (κ3) is 3.45. The van der Waals surface area contributed by atoms with Crippen molar-refractivity contribution in [2.75, 3.05) is 27.2 Å². The number of nitrogens with two attached hydrogens (primary N) is 1. The molecule has 0 aromatic rings. The van der Waals surface area contributed by atoms with E-state index in [1.165, 1.54) is 6.42 Å². The molecule has 1 fully saturated rings. The third-order valence-electron chi connectivity index (χ3n) is 4.21. The fraction of sp³-hybridized carbons (Fsp3) is 0.929. The lowest BCUT2D eigenvalue weighted by Gasteiger charge is -2.44. The van der Waals surface area contributed by atoms with Crippen LogP contribution in [-0.4, -0.2) is 43.5 Å². The quantitative estimate of drug-likeness (QED) is 0.750. The molecule has 4 nitrogen and oxygen atoms in total. The van der Waals surface area contributed by atoms with E-state index in [-0.39, 0.29) is 5.91 Å². The van der Waals surface area contributed by atoms with Crippen LogP contribution in [0.2, 0.25) is 0 Å². The van der Waals surface area contributed by atoms with Crippen molar-refractivity contribution in [1.82, 2.24) is 10.2 Å². The van der Waals surface area contributed by atoms with Crippen molar-refractivity contribution in [3.63, 3.8) is 0 Å². The molecule has 0 heterocycles. The molecular formula is C14H29N3O. The summed E-state index contributed by atoms with van der Waals surface area (Å²) < 4.78 is 0. The second-order valence-corrected chi connectivity index (χ2v) is 6.16. The number of hydrogen-bond donors (Lipinski definition) is 2. The first-order valence-corrected chi connectivity index (χ1v) is 7.10. The van der Waals surface area contributed by atoms with E-state index in [4.69, 9.17) is 5.73 Å². The lowest BCUT2D eigenvalue weighted by atomic mass is 9.67. The number of hydrogen-bond acceptors (Lipinski definition) is 3. The second kappa shape index (κ2) is 6.53. The Hall–Kier alpha value is -0.610. The van der Waals surface area contributed by atoms with Gasteiger partial charge >= 0.3 is 0 Å². The Balaban J connectivity index is 2.78. The van der Waals surface area contributed by atoms with Crippen molar-refractivity contribution >= 4 is 5.91 Å². The second-order valence-electron chi connectivity index (χ2n) is 6.16. The van der Waals surface area contributed by atoms with E-state index >= 15 is 0 Å². The van der Waals surface area contributed by atoms with Crippen LogP contribution in [0.25, 0.3) is 0 Å². The molecule has 1 aliphatic rings. The maximum Gasteiger partial charge on any atom is 0.238 e. The molecule has 0 bridgehead atoms. The maximum absolute atomic E-state index is 12.0. The molecule has 0 saturated heterocycles. The van der Waals surface area contributed by atoms with Crippen LogP contribution in [0.15, 0.2) is 0 Å². The standard InChI is InChI=1S/C14H29N3O/c1-11(2)12-7-5-6-8-14(12,13(15)18)16-9-10-17(3)4/h11-12,16H,5-10H2,1-4H3,(H2,15,18). The van der Waals surface area contributed by atoms with Gasteiger partial charge in [0.25, 0.3) is 0 Å². The molecule has 1 amide bonds. The van der Waals surface area contributed by atoms with Crippen LogP contribution in [0.1, 0.15) is 39.5 Å². The molecule has 0 radical (unpaired) electrons. The van der Waals surface area contributed by atoms with Crippen molar-refractivity contribution in [2.45, 2.75) is 45.1 Å². The van der Waals surface area contributed by atoms with Gasteiger partial charge in [0.05, 0.1) is 0 Å². The lowest BCUT2D eigenvalue weighted by Crippen LogP contribution is -2.63. The molecule has 4 heteroatoms. The molecule has 18 heavy (non-hydrogen) atoms. The molecular weight excluding hydrogens is 226 g/mol. The molecule has 0 aromatic heterocycles. The van der Waals surface area contributed by atoms with Crippen LogP contribution in [-0.2, 0) is 4.79 Å². The zero-order valence-electron chi connectivity index (χ0n) is 12.3. The molecule has 1 rings (SSSR count). The first-order chi connectivity index (χ1) is 8.40. The molecule has 0 spiro atoms. The van der Waals surface area contributed by atoms with E-state index in [1.807, 2.05) is 14.1 Å². The summed E-state index contributed by atoms with van der Waals surface area (Å²) in [5, 5.41) is 3.48. The summed E-state index contributed by atoms with van der Waals surface area (Å²) in [6.07, 6.45) is 4.31. The minimum absolute atomic E-state index is 0.167. The topological polar surface area (TPSA) is 58.4 Å². The number of amides is 1. The summed E-state index contributed by atoms with van der Waals surface area (Å²) in [7, 11) is 4.08. The van der Waals surface area contributed by atoms with E-state index in [0.717, 1.165) is 32.4 Å². The molecule has 0 aliphatic heterocycles. The Morgan fingerprint density at radius 3 is 2.61 bits per heavy atom. The number of carbonyl (C=O) groups is 1. The molecule has 1 aliphatic carbocycles. The van der Waals surface area contributed by atoms with Crippen molar-refractivity contribution < 1.29 is 4.79 Å². The van der Waals surface area contributed by atoms with E-state index < -0.39 is 5.54 Å². The largest absolute Gasteiger partial charge is 0.368 e. The summed E-state index contributed by atoms with van der Waals surface area (Å²) in [5.41, 5.74) is 5.25. The smallest absolute Gasteiger partial charge is 0.238 e. The summed E-state index contributed by atoms with van der Waals surface area (Å²) in [6, 6.07) is 0. The molecule has 3 N–H and O–H groups in total.